The highest BCUT2D eigenvalue weighted by atomic mass is 35.5. The Labute approximate surface area is 189 Å². The van der Waals surface area contributed by atoms with Gasteiger partial charge >= 0.3 is 0 Å². The molecule has 3 rings (SSSR count). The number of carbonyl (C=O) groups excluding carboxylic acids is 1. The van der Waals surface area contributed by atoms with Gasteiger partial charge in [0, 0.05) is 7.05 Å². The van der Waals surface area contributed by atoms with Crippen molar-refractivity contribution < 1.29 is 9.53 Å². The summed E-state index contributed by atoms with van der Waals surface area (Å²) in [4.78, 5) is 12.2. The fraction of sp³-hybridized carbons (Fsp3) is 0.286. The molecule has 0 bridgehead atoms. The molecule has 6 nitrogen and oxygen atoms in total. The monoisotopic (exact) mass is 464 g/mol. The van der Waals surface area contributed by atoms with Crippen molar-refractivity contribution in [1.82, 2.24) is 14.8 Å². The smallest absolute Gasteiger partial charge is 0.234 e. The lowest BCUT2D eigenvalue weighted by atomic mass is 10.0. The third kappa shape index (κ3) is 5.68. The van der Waals surface area contributed by atoms with Crippen LogP contribution in [-0.4, -0.2) is 26.4 Å². The van der Waals surface area contributed by atoms with Gasteiger partial charge in [0.1, 0.15) is 12.4 Å². The number of carbonyl (C=O) groups is 1. The van der Waals surface area contributed by atoms with Crippen LogP contribution in [0.4, 0.5) is 5.69 Å². The zero-order chi connectivity index (χ0) is 21.7. The molecule has 0 saturated carbocycles. The third-order valence-electron chi connectivity index (χ3n) is 4.40. The van der Waals surface area contributed by atoms with Crippen molar-refractivity contribution in [3.63, 3.8) is 0 Å². The number of rotatable bonds is 8. The van der Waals surface area contributed by atoms with Gasteiger partial charge < -0.3 is 14.6 Å². The molecule has 2 aromatic carbocycles. The van der Waals surface area contributed by atoms with E-state index in [1.165, 1.54) is 17.3 Å². The lowest BCUT2D eigenvalue weighted by molar-refractivity contribution is -0.113. The number of nitrogens with one attached hydrogen (secondary N) is 1. The molecule has 3 aromatic rings. The van der Waals surface area contributed by atoms with Gasteiger partial charge in [0.2, 0.25) is 5.91 Å². The van der Waals surface area contributed by atoms with Crippen molar-refractivity contribution in [3.8, 4) is 5.75 Å². The van der Waals surface area contributed by atoms with Gasteiger partial charge in [-0.25, -0.2) is 0 Å². The summed E-state index contributed by atoms with van der Waals surface area (Å²) in [5.74, 6) is 1.87. The summed E-state index contributed by atoms with van der Waals surface area (Å²) in [5, 5.41) is 12.4. The Kier molecular flexibility index (Phi) is 7.64. The van der Waals surface area contributed by atoms with Crippen molar-refractivity contribution in [2.75, 3.05) is 11.1 Å². The first-order valence-corrected chi connectivity index (χ1v) is 11.1. The van der Waals surface area contributed by atoms with Gasteiger partial charge in [-0.15, -0.1) is 10.2 Å². The lowest BCUT2D eigenvalue weighted by Crippen LogP contribution is -2.15. The Morgan fingerprint density at radius 3 is 2.60 bits per heavy atom. The van der Waals surface area contributed by atoms with Crippen molar-refractivity contribution in [2.45, 2.75) is 31.5 Å². The second kappa shape index (κ2) is 10.2. The van der Waals surface area contributed by atoms with E-state index < -0.39 is 0 Å². The molecule has 158 valence electrons. The average molecular weight is 465 g/mol. The summed E-state index contributed by atoms with van der Waals surface area (Å²) in [7, 11) is 1.84. The highest BCUT2D eigenvalue weighted by molar-refractivity contribution is 7.99. The van der Waals surface area contributed by atoms with Crippen molar-refractivity contribution in [3.05, 3.63) is 63.9 Å². The van der Waals surface area contributed by atoms with Gasteiger partial charge in [0.15, 0.2) is 11.0 Å². The molecule has 0 atom stereocenters. The Bertz CT molecular complexity index is 1020. The van der Waals surface area contributed by atoms with Crippen LogP contribution in [0.5, 0.6) is 5.75 Å². The Balaban J connectivity index is 1.53. The van der Waals surface area contributed by atoms with E-state index >= 15 is 0 Å². The Morgan fingerprint density at radius 1 is 1.17 bits per heavy atom. The van der Waals surface area contributed by atoms with Gasteiger partial charge in [0.05, 0.1) is 21.5 Å². The number of hydrogen-bond donors (Lipinski definition) is 1. The number of thioether (sulfide) groups is 1. The second-order valence-electron chi connectivity index (χ2n) is 6.91. The molecule has 0 fully saturated rings. The molecule has 1 amide bonds. The lowest BCUT2D eigenvalue weighted by Gasteiger charge is -2.09. The van der Waals surface area contributed by atoms with Crippen LogP contribution in [0.3, 0.4) is 0 Å². The normalized spacial score (nSPS) is 11.0. The summed E-state index contributed by atoms with van der Waals surface area (Å²) >= 11 is 13.3. The Morgan fingerprint density at radius 2 is 1.90 bits per heavy atom. The van der Waals surface area contributed by atoms with E-state index in [2.05, 4.69) is 41.5 Å². The molecule has 0 aliphatic carbocycles. The van der Waals surface area contributed by atoms with E-state index in [-0.39, 0.29) is 18.3 Å². The highest BCUT2D eigenvalue weighted by Gasteiger charge is 2.13. The molecule has 1 heterocycles. The first-order valence-electron chi connectivity index (χ1n) is 9.33. The second-order valence-corrected chi connectivity index (χ2v) is 8.64. The number of benzene rings is 2. The van der Waals surface area contributed by atoms with Crippen LogP contribution >= 0.6 is 35.0 Å². The summed E-state index contributed by atoms with van der Waals surface area (Å²) < 4.78 is 7.62. The fourth-order valence-electron chi connectivity index (χ4n) is 2.61. The van der Waals surface area contributed by atoms with E-state index in [9.17, 15) is 4.79 Å². The maximum absolute atomic E-state index is 12.2. The minimum Gasteiger partial charge on any atom is -0.486 e. The van der Waals surface area contributed by atoms with Crippen molar-refractivity contribution in [1.29, 1.82) is 0 Å². The van der Waals surface area contributed by atoms with E-state index in [1.807, 2.05) is 23.7 Å². The van der Waals surface area contributed by atoms with Crippen LogP contribution in [0.25, 0.3) is 0 Å². The van der Waals surface area contributed by atoms with E-state index in [0.717, 1.165) is 5.75 Å². The molecule has 0 radical (unpaired) electrons. The SMILES string of the molecule is CC(C)c1ccc(OCc2nnc(SCC(=O)Nc3cccc(Cl)c3Cl)n2C)cc1. The summed E-state index contributed by atoms with van der Waals surface area (Å²) in [6, 6.07) is 13.1. The largest absolute Gasteiger partial charge is 0.486 e. The summed E-state index contributed by atoms with van der Waals surface area (Å²) in [6.45, 7) is 4.59. The topological polar surface area (TPSA) is 69.0 Å². The molecule has 9 heteroatoms. The van der Waals surface area contributed by atoms with E-state index in [1.54, 1.807) is 18.2 Å². The number of aromatic nitrogens is 3. The number of nitrogens with zero attached hydrogens (tertiary/aromatic N) is 3. The predicted octanol–water partition coefficient (Wildman–Crippen LogP) is 5.56. The molecule has 1 aromatic heterocycles. The number of halogens is 2. The zero-order valence-electron chi connectivity index (χ0n) is 16.9. The van der Waals surface area contributed by atoms with E-state index in [4.69, 9.17) is 27.9 Å². The van der Waals surface area contributed by atoms with Gasteiger partial charge in [-0.2, -0.15) is 0 Å². The fourth-order valence-corrected chi connectivity index (χ4v) is 3.69. The molecule has 0 aliphatic heterocycles. The molecular weight excluding hydrogens is 443 g/mol. The van der Waals surface area contributed by atoms with Gasteiger partial charge in [-0.1, -0.05) is 67.0 Å². The summed E-state index contributed by atoms with van der Waals surface area (Å²) in [6.07, 6.45) is 0. The van der Waals surface area contributed by atoms with Gasteiger partial charge in [-0.05, 0) is 35.7 Å². The van der Waals surface area contributed by atoms with Crippen LogP contribution in [0.15, 0.2) is 47.6 Å². The Hall–Kier alpha value is -2.22. The minimum absolute atomic E-state index is 0.159. The maximum atomic E-state index is 12.2. The first-order chi connectivity index (χ1) is 14.3. The van der Waals surface area contributed by atoms with Crippen LogP contribution in [0, 0.1) is 0 Å². The van der Waals surface area contributed by atoms with Crippen molar-refractivity contribution >= 4 is 46.6 Å². The zero-order valence-corrected chi connectivity index (χ0v) is 19.2. The average Bonchev–Trinajstić information content (AvgIpc) is 3.08. The molecule has 0 aliphatic rings. The number of anilines is 1. The van der Waals surface area contributed by atoms with Crippen LogP contribution in [0.1, 0.15) is 31.2 Å². The van der Waals surface area contributed by atoms with Crippen molar-refractivity contribution in [2.24, 2.45) is 7.05 Å². The quantitative estimate of drug-likeness (QED) is 0.442. The van der Waals surface area contributed by atoms with Crippen LogP contribution < -0.4 is 10.1 Å². The van der Waals surface area contributed by atoms with Crippen LogP contribution in [0.2, 0.25) is 10.0 Å². The number of hydrogen-bond acceptors (Lipinski definition) is 5. The van der Waals surface area contributed by atoms with E-state index in [0.29, 0.717) is 32.6 Å². The standard InChI is InChI=1S/C21H22Cl2N4O2S/c1-13(2)14-7-9-15(10-8-14)29-11-18-25-26-21(27(18)3)30-12-19(28)24-17-6-4-5-16(22)20(17)23/h4-10,13H,11-12H2,1-3H3,(H,24,28). The van der Waals surface area contributed by atoms with Gasteiger partial charge in [0.25, 0.3) is 0 Å². The minimum atomic E-state index is -0.213. The molecular formula is C21H22Cl2N4O2S. The molecule has 1 N–H and O–H groups in total. The molecule has 0 saturated heterocycles. The number of ether oxygens (including phenoxy) is 1. The predicted molar refractivity (Wildman–Crippen MR) is 122 cm³/mol. The van der Waals surface area contributed by atoms with Gasteiger partial charge in [-0.3, -0.25) is 4.79 Å². The number of amides is 1. The first kappa shape index (κ1) is 22.5. The molecule has 30 heavy (non-hydrogen) atoms. The van der Waals surface area contributed by atoms with Crippen LogP contribution in [-0.2, 0) is 18.4 Å². The maximum Gasteiger partial charge on any atom is 0.234 e. The molecule has 0 unspecified atom stereocenters. The molecule has 0 spiro atoms. The summed E-state index contributed by atoms with van der Waals surface area (Å²) in [5.41, 5.74) is 1.74. The third-order valence-corrected chi connectivity index (χ3v) is 6.24. The highest BCUT2D eigenvalue weighted by Crippen LogP contribution is 2.29.